The van der Waals surface area contributed by atoms with Crippen molar-refractivity contribution in [2.45, 2.75) is 44.6 Å². The molecule has 1 atom stereocenters. The fourth-order valence-corrected chi connectivity index (χ4v) is 5.26. The first-order chi connectivity index (χ1) is 14.7. The number of hydrogen-bond donors (Lipinski definition) is 3. The van der Waals surface area contributed by atoms with Crippen LogP contribution in [0.25, 0.3) is 10.2 Å². The highest BCUT2D eigenvalue weighted by Gasteiger charge is 2.31. The highest BCUT2D eigenvalue weighted by molar-refractivity contribution is 7.22. The molecule has 2 aliphatic rings. The number of carbonyl (C=O) groups is 1. The standard InChI is InChI=1S/C22H32N6OS/c1-23-21(24-12-13-25-22-27-18-9-5-6-10-19(18)30-22)26-17-11-14-28(15-17)20(29)16-7-3-2-4-8-16/h5-6,9-10,16-17H,2-4,7-8,11-15H2,1H3,(H,25,27)(H2,23,24,26). The van der Waals surface area contributed by atoms with Gasteiger partial charge in [-0.25, -0.2) is 4.98 Å². The fourth-order valence-electron chi connectivity index (χ4n) is 4.37. The Hall–Kier alpha value is -2.35. The minimum atomic E-state index is 0.253. The Morgan fingerprint density at radius 3 is 2.83 bits per heavy atom. The lowest BCUT2D eigenvalue weighted by Gasteiger charge is -2.26. The monoisotopic (exact) mass is 428 g/mol. The van der Waals surface area contributed by atoms with Crippen molar-refractivity contribution in [1.29, 1.82) is 0 Å². The van der Waals surface area contributed by atoms with E-state index in [-0.39, 0.29) is 12.0 Å². The van der Waals surface area contributed by atoms with E-state index in [2.05, 4.69) is 36.9 Å². The summed E-state index contributed by atoms with van der Waals surface area (Å²) in [5.74, 6) is 1.41. The number of carbonyl (C=O) groups excluding carboxylic acids is 1. The highest BCUT2D eigenvalue weighted by Crippen LogP contribution is 2.27. The summed E-state index contributed by atoms with van der Waals surface area (Å²) in [7, 11) is 1.79. The molecule has 3 N–H and O–H groups in total. The Morgan fingerprint density at radius 2 is 2.03 bits per heavy atom. The van der Waals surface area contributed by atoms with Crippen molar-refractivity contribution in [3.05, 3.63) is 24.3 Å². The average Bonchev–Trinajstić information content (AvgIpc) is 3.42. The van der Waals surface area contributed by atoms with E-state index >= 15 is 0 Å². The minimum Gasteiger partial charge on any atom is -0.360 e. The van der Waals surface area contributed by atoms with Crippen LogP contribution in [0.1, 0.15) is 38.5 Å². The van der Waals surface area contributed by atoms with E-state index in [1.54, 1.807) is 18.4 Å². The van der Waals surface area contributed by atoms with Gasteiger partial charge in [-0.3, -0.25) is 9.79 Å². The largest absolute Gasteiger partial charge is 0.360 e. The molecule has 4 rings (SSSR count). The number of fused-ring (bicyclic) bond motifs is 1. The number of guanidine groups is 1. The molecule has 0 bridgehead atoms. The average molecular weight is 429 g/mol. The Kier molecular flexibility index (Phi) is 7.04. The van der Waals surface area contributed by atoms with Gasteiger partial charge in [-0.2, -0.15) is 0 Å². The highest BCUT2D eigenvalue weighted by atomic mass is 32.1. The third-order valence-electron chi connectivity index (χ3n) is 6.01. The number of aliphatic imine (C=N–C) groups is 1. The number of hydrogen-bond acceptors (Lipinski definition) is 5. The number of anilines is 1. The van der Waals surface area contributed by atoms with Gasteiger partial charge in [-0.05, 0) is 31.4 Å². The molecule has 162 valence electrons. The molecule has 0 radical (unpaired) electrons. The first kappa shape index (κ1) is 20.9. The number of para-hydroxylation sites is 1. The van der Waals surface area contributed by atoms with Crippen molar-refractivity contribution >= 4 is 38.6 Å². The summed E-state index contributed by atoms with van der Waals surface area (Å²) >= 11 is 1.67. The zero-order chi connectivity index (χ0) is 20.8. The van der Waals surface area contributed by atoms with Crippen molar-refractivity contribution in [2.24, 2.45) is 10.9 Å². The number of likely N-dealkylation sites (tertiary alicyclic amines) is 1. The third kappa shape index (κ3) is 5.22. The summed E-state index contributed by atoms with van der Waals surface area (Å²) in [5, 5.41) is 11.1. The van der Waals surface area contributed by atoms with Crippen LogP contribution in [0.3, 0.4) is 0 Å². The Balaban J connectivity index is 1.18. The second kappa shape index (κ2) is 10.1. The van der Waals surface area contributed by atoms with Crippen LogP contribution in [-0.4, -0.2) is 61.0 Å². The van der Waals surface area contributed by atoms with Crippen molar-refractivity contribution in [3.8, 4) is 0 Å². The van der Waals surface area contributed by atoms with E-state index in [4.69, 9.17) is 0 Å². The van der Waals surface area contributed by atoms with Crippen LogP contribution in [0.2, 0.25) is 0 Å². The van der Waals surface area contributed by atoms with Gasteiger partial charge in [-0.1, -0.05) is 42.7 Å². The molecule has 1 aromatic carbocycles. The molecule has 1 unspecified atom stereocenters. The Bertz CT molecular complexity index is 842. The van der Waals surface area contributed by atoms with Crippen molar-refractivity contribution < 1.29 is 4.79 Å². The summed E-state index contributed by atoms with van der Waals surface area (Å²) in [6.07, 6.45) is 6.80. The van der Waals surface area contributed by atoms with Crippen LogP contribution in [0.15, 0.2) is 29.3 Å². The number of amides is 1. The van der Waals surface area contributed by atoms with E-state index < -0.39 is 0 Å². The first-order valence-electron chi connectivity index (χ1n) is 11.1. The number of benzene rings is 1. The molecule has 30 heavy (non-hydrogen) atoms. The lowest BCUT2D eigenvalue weighted by atomic mass is 9.88. The SMILES string of the molecule is CN=C(NCCNc1nc2ccccc2s1)NC1CCN(C(=O)C2CCCCC2)C1. The van der Waals surface area contributed by atoms with Gasteiger partial charge < -0.3 is 20.9 Å². The first-order valence-corrected chi connectivity index (χ1v) is 11.9. The van der Waals surface area contributed by atoms with E-state index in [9.17, 15) is 4.79 Å². The lowest BCUT2D eigenvalue weighted by Crippen LogP contribution is -2.46. The van der Waals surface area contributed by atoms with Gasteiger partial charge in [0.25, 0.3) is 0 Å². The van der Waals surface area contributed by atoms with Crippen molar-refractivity contribution in [2.75, 3.05) is 38.5 Å². The van der Waals surface area contributed by atoms with Crippen molar-refractivity contribution in [1.82, 2.24) is 20.5 Å². The molecule has 1 aliphatic carbocycles. The maximum atomic E-state index is 12.8. The summed E-state index contributed by atoms with van der Waals surface area (Å²) in [6, 6.07) is 8.43. The van der Waals surface area contributed by atoms with E-state index in [1.807, 2.05) is 18.2 Å². The predicted molar refractivity (Wildman–Crippen MR) is 124 cm³/mol. The molecule has 2 fully saturated rings. The summed E-state index contributed by atoms with van der Waals surface area (Å²) in [6.45, 7) is 3.13. The molecule has 1 saturated heterocycles. The second-order valence-corrected chi connectivity index (χ2v) is 9.19. The van der Waals surface area contributed by atoms with Crippen LogP contribution < -0.4 is 16.0 Å². The topological polar surface area (TPSA) is 81.7 Å². The quantitative estimate of drug-likeness (QED) is 0.374. The Labute approximate surface area is 182 Å². The molecule has 1 aliphatic heterocycles. The van der Waals surface area contributed by atoms with Gasteiger partial charge in [0.05, 0.1) is 10.2 Å². The lowest BCUT2D eigenvalue weighted by molar-refractivity contribution is -0.135. The molecule has 8 heteroatoms. The van der Waals surface area contributed by atoms with Gasteiger partial charge in [0.1, 0.15) is 0 Å². The van der Waals surface area contributed by atoms with Crippen LogP contribution in [0.5, 0.6) is 0 Å². The Morgan fingerprint density at radius 1 is 1.20 bits per heavy atom. The van der Waals surface area contributed by atoms with Crippen LogP contribution in [0.4, 0.5) is 5.13 Å². The maximum absolute atomic E-state index is 12.8. The van der Waals surface area contributed by atoms with E-state index in [0.29, 0.717) is 5.91 Å². The summed E-state index contributed by atoms with van der Waals surface area (Å²) in [4.78, 5) is 23.7. The fraction of sp³-hybridized carbons (Fsp3) is 0.591. The molecule has 2 heterocycles. The molecule has 2 aromatic rings. The molecule has 0 spiro atoms. The van der Waals surface area contributed by atoms with Crippen molar-refractivity contribution in [3.63, 3.8) is 0 Å². The number of aromatic nitrogens is 1. The summed E-state index contributed by atoms with van der Waals surface area (Å²) < 4.78 is 1.19. The van der Waals surface area contributed by atoms with Gasteiger partial charge in [0.2, 0.25) is 5.91 Å². The van der Waals surface area contributed by atoms with Gasteiger partial charge in [0, 0.05) is 45.2 Å². The number of nitrogens with one attached hydrogen (secondary N) is 3. The van der Waals surface area contributed by atoms with Gasteiger partial charge >= 0.3 is 0 Å². The zero-order valence-corrected chi connectivity index (χ0v) is 18.5. The number of rotatable bonds is 6. The second-order valence-electron chi connectivity index (χ2n) is 8.16. The molecule has 1 amide bonds. The van der Waals surface area contributed by atoms with Crippen LogP contribution in [-0.2, 0) is 4.79 Å². The molecule has 1 saturated carbocycles. The molecule has 1 aromatic heterocycles. The molecular weight excluding hydrogens is 396 g/mol. The van der Waals surface area contributed by atoms with E-state index in [0.717, 1.165) is 62.0 Å². The predicted octanol–water partition coefficient (Wildman–Crippen LogP) is 3.05. The minimum absolute atomic E-state index is 0.253. The summed E-state index contributed by atoms with van der Waals surface area (Å²) in [5.41, 5.74) is 1.03. The van der Waals surface area contributed by atoms with Crippen LogP contribution >= 0.6 is 11.3 Å². The number of thiazole rings is 1. The number of nitrogens with zero attached hydrogens (tertiary/aromatic N) is 3. The van der Waals surface area contributed by atoms with Crippen LogP contribution in [0, 0.1) is 5.92 Å². The smallest absolute Gasteiger partial charge is 0.225 e. The molecule has 7 nitrogen and oxygen atoms in total. The van der Waals surface area contributed by atoms with Gasteiger partial charge in [0.15, 0.2) is 11.1 Å². The zero-order valence-electron chi connectivity index (χ0n) is 17.7. The van der Waals surface area contributed by atoms with E-state index in [1.165, 1.54) is 24.0 Å². The van der Waals surface area contributed by atoms with Gasteiger partial charge in [-0.15, -0.1) is 0 Å². The normalized spacial score (nSPS) is 20.5. The third-order valence-corrected chi connectivity index (χ3v) is 7.00. The molecular formula is C22H32N6OS. The maximum Gasteiger partial charge on any atom is 0.225 e.